The van der Waals surface area contributed by atoms with E-state index in [0.29, 0.717) is 0 Å². The second kappa shape index (κ2) is 3.08. The van der Waals surface area contributed by atoms with Crippen LogP contribution in [0.1, 0.15) is 11.3 Å². The molecule has 2 rings (SSSR count). The summed E-state index contributed by atoms with van der Waals surface area (Å²) in [5.41, 5.74) is 1.46. The predicted octanol–water partition coefficient (Wildman–Crippen LogP) is 2.55. The first-order chi connectivity index (χ1) is 6.72. The molecule has 0 saturated heterocycles. The first kappa shape index (κ1) is 8.64. The van der Waals surface area contributed by atoms with E-state index in [4.69, 9.17) is 5.26 Å². The molecule has 68 valence electrons. The van der Waals surface area contributed by atoms with Gasteiger partial charge >= 0.3 is 0 Å². The van der Waals surface area contributed by atoms with Gasteiger partial charge in [0.1, 0.15) is 23.1 Å². The maximum Gasteiger partial charge on any atom is 0.149 e. The first-order valence-electron chi connectivity index (χ1n) is 4.18. The van der Waals surface area contributed by atoms with Crippen LogP contribution in [0.2, 0.25) is 0 Å². The molecule has 0 aliphatic rings. The maximum absolute atomic E-state index is 13.3. The molecule has 3 heteroatoms. The zero-order chi connectivity index (χ0) is 10.1. The fourth-order valence-corrected chi connectivity index (χ4v) is 1.39. The van der Waals surface area contributed by atoms with Crippen molar-refractivity contribution in [1.82, 2.24) is 4.98 Å². The first-order valence-corrected chi connectivity index (χ1v) is 4.18. The van der Waals surface area contributed by atoms with Crippen molar-refractivity contribution in [3.05, 3.63) is 41.3 Å². The summed E-state index contributed by atoms with van der Waals surface area (Å²) < 4.78 is 13.3. The number of rotatable bonds is 0. The number of pyridine rings is 1. The summed E-state index contributed by atoms with van der Waals surface area (Å²) in [6.45, 7) is 1.88. The van der Waals surface area contributed by atoms with Crippen molar-refractivity contribution in [2.24, 2.45) is 0 Å². The second-order valence-corrected chi connectivity index (χ2v) is 3.07. The molecule has 2 nitrogen and oxygen atoms in total. The second-order valence-electron chi connectivity index (χ2n) is 3.07. The molecule has 0 saturated carbocycles. The number of halogens is 1. The van der Waals surface area contributed by atoms with Gasteiger partial charge in [0.2, 0.25) is 0 Å². The molecule has 0 aliphatic carbocycles. The minimum atomic E-state index is -0.386. The smallest absolute Gasteiger partial charge is 0.149 e. The maximum atomic E-state index is 13.3. The number of nitrogens with zero attached hydrogens (tertiary/aromatic N) is 2. The normalized spacial score (nSPS) is 10.1. The van der Waals surface area contributed by atoms with Gasteiger partial charge in [0.25, 0.3) is 0 Å². The van der Waals surface area contributed by atoms with Gasteiger partial charge in [0, 0.05) is 5.39 Å². The fourth-order valence-electron chi connectivity index (χ4n) is 1.39. The van der Waals surface area contributed by atoms with Crippen LogP contribution in [0.5, 0.6) is 0 Å². The summed E-state index contributed by atoms with van der Waals surface area (Å²) in [5, 5.41) is 9.38. The highest BCUT2D eigenvalue weighted by Crippen LogP contribution is 2.19. The van der Waals surface area contributed by atoms with Gasteiger partial charge in [0.05, 0.1) is 0 Å². The van der Waals surface area contributed by atoms with Crippen molar-refractivity contribution in [3.63, 3.8) is 0 Å². The highest BCUT2D eigenvalue weighted by Gasteiger charge is 2.05. The van der Waals surface area contributed by atoms with E-state index in [0.717, 1.165) is 10.9 Å². The zero-order valence-corrected chi connectivity index (χ0v) is 7.58. The quantitative estimate of drug-likeness (QED) is 0.634. The topological polar surface area (TPSA) is 36.7 Å². The van der Waals surface area contributed by atoms with Crippen molar-refractivity contribution < 1.29 is 4.39 Å². The number of aromatic nitrogens is 1. The van der Waals surface area contributed by atoms with Crippen molar-refractivity contribution in [2.45, 2.75) is 6.92 Å². The predicted molar refractivity (Wildman–Crippen MR) is 51.2 cm³/mol. The van der Waals surface area contributed by atoms with Crippen LogP contribution < -0.4 is 0 Å². The Labute approximate surface area is 80.6 Å². The van der Waals surface area contributed by atoms with Gasteiger partial charge in [-0.25, -0.2) is 9.37 Å². The van der Waals surface area contributed by atoms with Gasteiger partial charge < -0.3 is 0 Å². The molecule has 0 atom stereocenters. The third kappa shape index (κ3) is 1.21. The Balaban J connectivity index is 2.89. The Morgan fingerprint density at radius 1 is 1.29 bits per heavy atom. The SMILES string of the molecule is Cc1ccc(F)c2nc(C#N)ccc12. The Hall–Kier alpha value is -1.95. The van der Waals surface area contributed by atoms with Crippen LogP contribution in [-0.4, -0.2) is 4.98 Å². The molecule has 14 heavy (non-hydrogen) atoms. The summed E-state index contributed by atoms with van der Waals surface area (Å²) in [7, 11) is 0. The van der Waals surface area contributed by atoms with Crippen molar-refractivity contribution in [2.75, 3.05) is 0 Å². The molecular weight excluding hydrogens is 179 g/mol. The molecule has 1 aromatic heterocycles. The van der Waals surface area contributed by atoms with E-state index in [1.54, 1.807) is 18.2 Å². The lowest BCUT2D eigenvalue weighted by atomic mass is 10.1. The van der Waals surface area contributed by atoms with Crippen LogP contribution in [0.3, 0.4) is 0 Å². The summed E-state index contributed by atoms with van der Waals surface area (Å²) in [4.78, 5) is 3.92. The van der Waals surface area contributed by atoms with Crippen LogP contribution >= 0.6 is 0 Å². The Morgan fingerprint density at radius 2 is 2.07 bits per heavy atom. The van der Waals surface area contributed by atoms with Crippen molar-refractivity contribution in [1.29, 1.82) is 5.26 Å². The molecule has 0 fully saturated rings. The van der Waals surface area contributed by atoms with Gasteiger partial charge in [-0.05, 0) is 30.7 Å². The Bertz CT molecular complexity index is 541. The number of aryl methyl sites for hydroxylation is 1. The number of hydrogen-bond acceptors (Lipinski definition) is 2. The van der Waals surface area contributed by atoms with Crippen LogP contribution in [0.4, 0.5) is 4.39 Å². The van der Waals surface area contributed by atoms with Crippen molar-refractivity contribution in [3.8, 4) is 6.07 Å². The van der Waals surface area contributed by atoms with E-state index in [2.05, 4.69) is 4.98 Å². The minimum absolute atomic E-state index is 0.238. The van der Waals surface area contributed by atoms with Gasteiger partial charge in [0.15, 0.2) is 0 Å². The largest absolute Gasteiger partial charge is 0.234 e. The van der Waals surface area contributed by atoms with E-state index >= 15 is 0 Å². The Kier molecular flexibility index (Phi) is 1.90. The lowest BCUT2D eigenvalue weighted by Gasteiger charge is -2.01. The fraction of sp³-hybridized carbons (Fsp3) is 0.0909. The number of nitriles is 1. The van der Waals surface area contributed by atoms with Gasteiger partial charge in [-0.2, -0.15) is 5.26 Å². The summed E-state index contributed by atoms with van der Waals surface area (Å²) in [5.74, 6) is -0.386. The average Bonchev–Trinajstić information content (AvgIpc) is 2.23. The highest BCUT2D eigenvalue weighted by molar-refractivity contribution is 5.82. The molecular formula is C11H7FN2. The summed E-state index contributed by atoms with van der Waals surface area (Å²) in [6, 6.07) is 8.27. The van der Waals surface area contributed by atoms with E-state index < -0.39 is 0 Å². The van der Waals surface area contributed by atoms with E-state index in [1.807, 2.05) is 13.0 Å². The third-order valence-electron chi connectivity index (χ3n) is 2.14. The highest BCUT2D eigenvalue weighted by atomic mass is 19.1. The molecule has 0 spiro atoms. The van der Waals surface area contributed by atoms with Crippen LogP contribution in [0, 0.1) is 24.1 Å². The van der Waals surface area contributed by atoms with Gasteiger partial charge in [-0.1, -0.05) is 6.07 Å². The van der Waals surface area contributed by atoms with E-state index in [1.165, 1.54) is 6.07 Å². The lowest BCUT2D eigenvalue weighted by Crippen LogP contribution is -1.89. The molecule has 0 N–H and O–H groups in total. The summed E-state index contributed by atoms with van der Waals surface area (Å²) in [6.07, 6.45) is 0. The van der Waals surface area contributed by atoms with Crippen LogP contribution in [0.25, 0.3) is 10.9 Å². The van der Waals surface area contributed by atoms with Gasteiger partial charge in [-0.3, -0.25) is 0 Å². The third-order valence-corrected chi connectivity index (χ3v) is 2.14. The minimum Gasteiger partial charge on any atom is -0.234 e. The molecule has 2 aromatic rings. The number of hydrogen-bond donors (Lipinski definition) is 0. The standard InChI is InChI=1S/C11H7FN2/c1-7-2-5-10(12)11-9(7)4-3-8(6-13)14-11/h2-5H,1H3. The monoisotopic (exact) mass is 186 g/mol. The van der Waals surface area contributed by atoms with Crippen molar-refractivity contribution >= 4 is 10.9 Å². The van der Waals surface area contributed by atoms with Gasteiger partial charge in [-0.15, -0.1) is 0 Å². The zero-order valence-electron chi connectivity index (χ0n) is 7.58. The Morgan fingerprint density at radius 3 is 2.79 bits per heavy atom. The molecule has 0 amide bonds. The molecule has 0 radical (unpaired) electrons. The molecule has 0 bridgehead atoms. The average molecular weight is 186 g/mol. The van der Waals surface area contributed by atoms with E-state index in [9.17, 15) is 4.39 Å². The molecule has 1 aromatic carbocycles. The van der Waals surface area contributed by atoms with Crippen LogP contribution in [-0.2, 0) is 0 Å². The number of benzene rings is 1. The van der Waals surface area contributed by atoms with Crippen LogP contribution in [0.15, 0.2) is 24.3 Å². The number of fused-ring (bicyclic) bond motifs is 1. The molecule has 0 aliphatic heterocycles. The molecule has 0 unspecified atom stereocenters. The summed E-state index contributed by atoms with van der Waals surface area (Å²) >= 11 is 0. The molecule has 1 heterocycles. The lowest BCUT2D eigenvalue weighted by molar-refractivity contribution is 0.636. The van der Waals surface area contributed by atoms with E-state index in [-0.39, 0.29) is 17.0 Å².